The number of hydrogen-bond donors (Lipinski definition) is 1. The van der Waals surface area contributed by atoms with Crippen molar-refractivity contribution in [2.24, 2.45) is 0 Å². The summed E-state index contributed by atoms with van der Waals surface area (Å²) in [6.07, 6.45) is 4.65. The molecule has 0 spiro atoms. The maximum absolute atomic E-state index is 11.5. The first kappa shape index (κ1) is 15.9. The molecule has 0 aliphatic carbocycles. The lowest BCUT2D eigenvalue weighted by atomic mass is 10.2. The van der Waals surface area contributed by atoms with E-state index in [1.807, 2.05) is 0 Å². The predicted octanol–water partition coefficient (Wildman–Crippen LogP) is 4.11. The highest BCUT2D eigenvalue weighted by molar-refractivity contribution is 5.87. The molecule has 1 aromatic carbocycles. The average molecular weight is 280 g/mol. The molecule has 1 N–H and O–H groups in total. The third-order valence-electron chi connectivity index (χ3n) is 2.82. The minimum absolute atomic E-state index is 0.146. The van der Waals surface area contributed by atoms with E-state index >= 15 is 0 Å². The van der Waals surface area contributed by atoms with Crippen molar-refractivity contribution in [2.45, 2.75) is 39.0 Å². The highest BCUT2D eigenvalue weighted by Gasteiger charge is 2.14. The van der Waals surface area contributed by atoms with Gasteiger partial charge in [-0.3, -0.25) is 15.4 Å². The number of hydrogen-bond acceptors (Lipinski definition) is 4. The summed E-state index contributed by atoms with van der Waals surface area (Å²) in [5.41, 5.74) is 0.000814. The molecule has 6 nitrogen and oxygen atoms in total. The quantitative estimate of drug-likeness (QED) is 0.441. The van der Waals surface area contributed by atoms with Crippen molar-refractivity contribution in [3.63, 3.8) is 0 Å². The van der Waals surface area contributed by atoms with Crippen molar-refractivity contribution in [1.82, 2.24) is 0 Å². The van der Waals surface area contributed by atoms with Crippen LogP contribution in [0.3, 0.4) is 0 Å². The molecule has 0 radical (unpaired) electrons. The lowest BCUT2D eigenvalue weighted by Crippen LogP contribution is -2.15. The van der Waals surface area contributed by atoms with Crippen molar-refractivity contribution in [1.29, 1.82) is 0 Å². The Labute approximate surface area is 118 Å². The van der Waals surface area contributed by atoms with Crippen LogP contribution in [0.2, 0.25) is 0 Å². The Morgan fingerprint density at radius 2 is 1.95 bits per heavy atom. The van der Waals surface area contributed by atoms with Crippen molar-refractivity contribution < 1.29 is 14.5 Å². The van der Waals surface area contributed by atoms with Gasteiger partial charge in [-0.1, -0.05) is 44.7 Å². The summed E-state index contributed by atoms with van der Waals surface area (Å²) in [4.78, 5) is 21.8. The number of nitro benzene ring substituents is 1. The summed E-state index contributed by atoms with van der Waals surface area (Å²) in [5.74, 6) is 0. The summed E-state index contributed by atoms with van der Waals surface area (Å²) in [6.45, 7) is 2.47. The fourth-order valence-electron chi connectivity index (χ4n) is 1.76. The van der Waals surface area contributed by atoms with Gasteiger partial charge in [0.25, 0.3) is 5.69 Å². The number of carbonyl (C=O) groups is 1. The first-order chi connectivity index (χ1) is 9.65. The number of rotatable bonds is 8. The van der Waals surface area contributed by atoms with Crippen LogP contribution >= 0.6 is 0 Å². The number of nitrogens with zero attached hydrogens (tertiary/aromatic N) is 1. The number of nitro groups is 1. The minimum atomic E-state index is -0.658. The molecule has 0 aromatic heterocycles. The van der Waals surface area contributed by atoms with Crippen LogP contribution in [0.4, 0.5) is 16.2 Å². The Balaban J connectivity index is 2.34. The fourth-order valence-corrected chi connectivity index (χ4v) is 1.76. The number of carbonyl (C=O) groups excluding carboxylic acids is 1. The van der Waals surface area contributed by atoms with Crippen molar-refractivity contribution in [2.75, 3.05) is 11.9 Å². The normalized spacial score (nSPS) is 10.1. The van der Waals surface area contributed by atoms with Gasteiger partial charge in [-0.25, -0.2) is 4.79 Å². The van der Waals surface area contributed by atoms with Gasteiger partial charge < -0.3 is 4.74 Å². The minimum Gasteiger partial charge on any atom is -0.449 e. The number of unbranched alkanes of at least 4 members (excludes halogenated alkanes) is 4. The molecule has 0 saturated carbocycles. The van der Waals surface area contributed by atoms with Crippen molar-refractivity contribution >= 4 is 17.5 Å². The number of benzene rings is 1. The smallest absolute Gasteiger partial charge is 0.411 e. The highest BCUT2D eigenvalue weighted by Crippen LogP contribution is 2.23. The third-order valence-corrected chi connectivity index (χ3v) is 2.82. The SMILES string of the molecule is CCCCCCCOC(=O)Nc1ccccc1[N+](=O)[O-]. The standard InChI is InChI=1S/C14H20N2O4/c1-2-3-4-5-8-11-20-14(17)15-12-9-6-7-10-13(12)16(18)19/h6-7,9-10H,2-5,8,11H2,1H3,(H,15,17). The molecule has 20 heavy (non-hydrogen) atoms. The molecule has 1 amide bonds. The van der Waals surface area contributed by atoms with Gasteiger partial charge in [0.2, 0.25) is 0 Å². The van der Waals surface area contributed by atoms with E-state index in [2.05, 4.69) is 12.2 Å². The second-order valence-corrected chi connectivity index (χ2v) is 4.45. The molecule has 0 aliphatic heterocycles. The van der Waals surface area contributed by atoms with E-state index in [0.29, 0.717) is 6.61 Å². The van der Waals surface area contributed by atoms with Crippen LogP contribution in [0.15, 0.2) is 24.3 Å². The van der Waals surface area contributed by atoms with Crippen molar-refractivity contribution in [3.05, 3.63) is 34.4 Å². The molecule has 110 valence electrons. The molecule has 0 fully saturated rings. The monoisotopic (exact) mass is 280 g/mol. The van der Waals surface area contributed by atoms with E-state index < -0.39 is 11.0 Å². The summed E-state index contributed by atoms with van der Waals surface area (Å²) < 4.78 is 4.99. The van der Waals surface area contributed by atoms with Crippen molar-refractivity contribution in [3.8, 4) is 0 Å². The molecule has 6 heteroatoms. The van der Waals surface area contributed by atoms with Gasteiger partial charge in [0, 0.05) is 6.07 Å². The Morgan fingerprint density at radius 1 is 1.25 bits per heavy atom. The zero-order valence-corrected chi connectivity index (χ0v) is 11.6. The lowest BCUT2D eigenvalue weighted by Gasteiger charge is -2.07. The molecule has 0 saturated heterocycles. The Bertz CT molecular complexity index is 449. The van der Waals surface area contributed by atoms with Gasteiger partial charge in [0.1, 0.15) is 5.69 Å². The predicted molar refractivity (Wildman–Crippen MR) is 76.8 cm³/mol. The van der Waals surface area contributed by atoms with Gasteiger partial charge in [-0.15, -0.1) is 0 Å². The fraction of sp³-hybridized carbons (Fsp3) is 0.500. The number of nitrogens with one attached hydrogen (secondary N) is 1. The Kier molecular flexibility index (Phi) is 7.10. The third kappa shape index (κ3) is 5.69. The largest absolute Gasteiger partial charge is 0.449 e. The topological polar surface area (TPSA) is 81.5 Å². The molecule has 1 aromatic rings. The maximum Gasteiger partial charge on any atom is 0.411 e. The zero-order chi connectivity index (χ0) is 14.8. The molecular formula is C14H20N2O4. The van der Waals surface area contributed by atoms with Crippen LogP contribution in [0, 0.1) is 10.1 Å². The van der Waals surface area contributed by atoms with Crippen LogP contribution in [-0.4, -0.2) is 17.6 Å². The number of ether oxygens (including phenoxy) is 1. The molecule has 0 heterocycles. The molecular weight excluding hydrogens is 260 g/mol. The average Bonchev–Trinajstić information content (AvgIpc) is 2.43. The number of para-hydroxylation sites is 2. The first-order valence-corrected chi connectivity index (χ1v) is 6.82. The Hall–Kier alpha value is -2.11. The summed E-state index contributed by atoms with van der Waals surface area (Å²) >= 11 is 0. The van der Waals surface area contributed by atoms with E-state index in [4.69, 9.17) is 4.74 Å². The van der Waals surface area contributed by atoms with Gasteiger partial charge in [0.15, 0.2) is 0 Å². The highest BCUT2D eigenvalue weighted by atomic mass is 16.6. The maximum atomic E-state index is 11.5. The molecule has 0 bridgehead atoms. The van der Waals surface area contributed by atoms with Gasteiger partial charge >= 0.3 is 6.09 Å². The van der Waals surface area contributed by atoms with E-state index in [9.17, 15) is 14.9 Å². The lowest BCUT2D eigenvalue weighted by molar-refractivity contribution is -0.383. The van der Waals surface area contributed by atoms with Crippen LogP contribution in [0.1, 0.15) is 39.0 Å². The van der Waals surface area contributed by atoms with Crippen LogP contribution in [-0.2, 0) is 4.74 Å². The van der Waals surface area contributed by atoms with E-state index in [-0.39, 0.29) is 11.4 Å². The van der Waals surface area contributed by atoms with E-state index in [1.54, 1.807) is 12.1 Å². The van der Waals surface area contributed by atoms with Crippen LogP contribution < -0.4 is 5.32 Å². The molecule has 0 atom stereocenters. The summed E-state index contributed by atoms with van der Waals surface area (Å²) in [6, 6.07) is 5.97. The molecule has 0 aliphatic rings. The molecule has 0 unspecified atom stereocenters. The summed E-state index contributed by atoms with van der Waals surface area (Å²) in [5, 5.41) is 13.2. The van der Waals surface area contributed by atoms with Gasteiger partial charge in [-0.2, -0.15) is 0 Å². The van der Waals surface area contributed by atoms with Gasteiger partial charge in [0.05, 0.1) is 11.5 Å². The van der Waals surface area contributed by atoms with Gasteiger partial charge in [-0.05, 0) is 12.5 Å². The van der Waals surface area contributed by atoms with E-state index in [0.717, 1.165) is 19.3 Å². The zero-order valence-electron chi connectivity index (χ0n) is 11.6. The molecule has 1 rings (SSSR count). The first-order valence-electron chi connectivity index (χ1n) is 6.82. The van der Waals surface area contributed by atoms with Crippen LogP contribution in [0.5, 0.6) is 0 Å². The summed E-state index contributed by atoms with van der Waals surface area (Å²) in [7, 11) is 0. The van der Waals surface area contributed by atoms with E-state index in [1.165, 1.54) is 25.0 Å². The number of anilines is 1. The second kappa shape index (κ2) is 8.90. The second-order valence-electron chi connectivity index (χ2n) is 4.45. The number of amides is 1. The van der Waals surface area contributed by atoms with Crippen LogP contribution in [0.25, 0.3) is 0 Å². The Morgan fingerprint density at radius 3 is 2.65 bits per heavy atom.